The lowest BCUT2D eigenvalue weighted by atomic mass is 9.87. The fraction of sp³-hybridized carbons (Fsp3) is 0.632. The quantitative estimate of drug-likeness (QED) is 0.522. The summed E-state index contributed by atoms with van der Waals surface area (Å²) in [6, 6.07) is 7.76. The Morgan fingerprint density at radius 3 is 2.17 bits per heavy atom. The van der Waals surface area contributed by atoms with Crippen LogP contribution < -0.4 is 10.6 Å². The Morgan fingerprint density at radius 1 is 1.08 bits per heavy atom. The number of carbonyl (C=O) groups excluding carboxylic acids is 1. The van der Waals surface area contributed by atoms with Gasteiger partial charge in [0.2, 0.25) is 0 Å². The Bertz CT molecular complexity index is 474. The zero-order chi connectivity index (χ0) is 18.0. The van der Waals surface area contributed by atoms with Crippen LogP contribution in [0, 0.1) is 0 Å². The minimum atomic E-state index is -0.192. The second-order valence-corrected chi connectivity index (χ2v) is 6.69. The molecule has 0 aliphatic rings. The number of benzene rings is 1. The van der Waals surface area contributed by atoms with E-state index in [1.807, 2.05) is 38.1 Å². The molecule has 0 heterocycles. The summed E-state index contributed by atoms with van der Waals surface area (Å²) in [6.07, 6.45) is 1.39. The molecule has 5 nitrogen and oxygen atoms in total. The van der Waals surface area contributed by atoms with Crippen LogP contribution >= 0.6 is 0 Å². The molecule has 2 amide bonds. The van der Waals surface area contributed by atoms with Crippen molar-refractivity contribution in [2.45, 2.75) is 59.2 Å². The van der Waals surface area contributed by atoms with Gasteiger partial charge in [0, 0.05) is 31.9 Å². The second kappa shape index (κ2) is 10.3. The van der Waals surface area contributed by atoms with Crippen LogP contribution in [0.4, 0.5) is 10.5 Å². The zero-order valence-corrected chi connectivity index (χ0v) is 15.6. The highest BCUT2D eigenvalue weighted by Crippen LogP contribution is 2.23. The van der Waals surface area contributed by atoms with Crippen LogP contribution in [0.1, 0.15) is 53.0 Å². The first-order chi connectivity index (χ1) is 11.4. The standard InChI is InChI=1S/C19H32N2O3/c1-6-23-17(24-7-2)9-8-14-20-18(22)21-16-12-10-15(11-13-16)19(3,4)5/h10-13,17H,6-9,14H2,1-5H3,(H2,20,21,22). The van der Waals surface area contributed by atoms with Gasteiger partial charge < -0.3 is 20.1 Å². The zero-order valence-electron chi connectivity index (χ0n) is 15.6. The molecule has 24 heavy (non-hydrogen) atoms. The van der Waals surface area contributed by atoms with Crippen molar-refractivity contribution in [1.82, 2.24) is 5.32 Å². The molecule has 0 fully saturated rings. The molecule has 1 rings (SSSR count). The summed E-state index contributed by atoms with van der Waals surface area (Å²) in [4.78, 5) is 11.9. The van der Waals surface area contributed by atoms with E-state index in [2.05, 4.69) is 31.4 Å². The fourth-order valence-electron chi connectivity index (χ4n) is 2.29. The number of urea groups is 1. The van der Waals surface area contributed by atoms with Crippen molar-refractivity contribution < 1.29 is 14.3 Å². The van der Waals surface area contributed by atoms with Crippen LogP contribution in [0.25, 0.3) is 0 Å². The van der Waals surface area contributed by atoms with Gasteiger partial charge in [0.15, 0.2) is 6.29 Å². The lowest BCUT2D eigenvalue weighted by molar-refractivity contribution is -0.139. The number of carbonyl (C=O) groups is 1. The van der Waals surface area contributed by atoms with E-state index in [1.165, 1.54) is 5.56 Å². The second-order valence-electron chi connectivity index (χ2n) is 6.69. The molecule has 0 unspecified atom stereocenters. The van der Waals surface area contributed by atoms with Crippen molar-refractivity contribution in [2.24, 2.45) is 0 Å². The molecule has 0 saturated heterocycles. The lowest BCUT2D eigenvalue weighted by Crippen LogP contribution is -2.30. The summed E-state index contributed by atoms with van der Waals surface area (Å²) < 4.78 is 10.9. The monoisotopic (exact) mass is 336 g/mol. The average molecular weight is 336 g/mol. The number of nitrogens with one attached hydrogen (secondary N) is 2. The Labute approximate surface area is 146 Å². The Kier molecular flexibility index (Phi) is 8.79. The SMILES string of the molecule is CCOC(CCCNC(=O)Nc1ccc(C(C)(C)C)cc1)OCC. The lowest BCUT2D eigenvalue weighted by Gasteiger charge is -2.19. The van der Waals surface area contributed by atoms with Gasteiger partial charge in [0.05, 0.1) is 0 Å². The maximum absolute atomic E-state index is 11.9. The van der Waals surface area contributed by atoms with Crippen molar-refractivity contribution in [3.63, 3.8) is 0 Å². The molecule has 0 radical (unpaired) electrons. The molecule has 5 heteroatoms. The van der Waals surface area contributed by atoms with Gasteiger partial charge in [0.1, 0.15) is 0 Å². The van der Waals surface area contributed by atoms with Gasteiger partial charge >= 0.3 is 6.03 Å². The van der Waals surface area contributed by atoms with Crippen molar-refractivity contribution in [3.05, 3.63) is 29.8 Å². The Morgan fingerprint density at radius 2 is 1.67 bits per heavy atom. The largest absolute Gasteiger partial charge is 0.353 e. The molecule has 0 aliphatic heterocycles. The van der Waals surface area contributed by atoms with Gasteiger partial charge in [-0.3, -0.25) is 0 Å². The highest BCUT2D eigenvalue weighted by molar-refractivity contribution is 5.89. The molecule has 1 aromatic rings. The number of ether oxygens (including phenoxy) is 2. The van der Waals surface area contributed by atoms with E-state index in [4.69, 9.17) is 9.47 Å². The van der Waals surface area contributed by atoms with E-state index < -0.39 is 0 Å². The normalized spacial score (nSPS) is 11.6. The maximum atomic E-state index is 11.9. The Balaban J connectivity index is 2.31. The molecule has 0 bridgehead atoms. The average Bonchev–Trinajstić information content (AvgIpc) is 2.51. The third-order valence-corrected chi connectivity index (χ3v) is 3.62. The topological polar surface area (TPSA) is 59.6 Å². The summed E-state index contributed by atoms with van der Waals surface area (Å²) in [5.41, 5.74) is 2.15. The van der Waals surface area contributed by atoms with Crippen molar-refractivity contribution in [3.8, 4) is 0 Å². The summed E-state index contributed by atoms with van der Waals surface area (Å²) in [5, 5.41) is 5.70. The third-order valence-electron chi connectivity index (χ3n) is 3.62. The van der Waals surface area contributed by atoms with Crippen LogP contribution in [0.15, 0.2) is 24.3 Å². The van der Waals surface area contributed by atoms with Crippen LogP contribution in [0.5, 0.6) is 0 Å². The maximum Gasteiger partial charge on any atom is 0.319 e. The minimum absolute atomic E-state index is 0.110. The highest BCUT2D eigenvalue weighted by Gasteiger charge is 2.13. The molecule has 0 spiro atoms. The van der Waals surface area contributed by atoms with Gasteiger partial charge in [-0.05, 0) is 43.4 Å². The van der Waals surface area contributed by atoms with E-state index in [9.17, 15) is 4.79 Å². The summed E-state index contributed by atoms with van der Waals surface area (Å²) in [6.45, 7) is 12.2. The summed E-state index contributed by atoms with van der Waals surface area (Å²) in [5.74, 6) is 0. The van der Waals surface area contributed by atoms with Gasteiger partial charge in [0.25, 0.3) is 0 Å². The van der Waals surface area contributed by atoms with Crippen molar-refractivity contribution >= 4 is 11.7 Å². The van der Waals surface area contributed by atoms with Crippen LogP contribution in [-0.2, 0) is 14.9 Å². The van der Waals surface area contributed by atoms with Crippen molar-refractivity contribution in [1.29, 1.82) is 0 Å². The number of hydrogen-bond donors (Lipinski definition) is 2. The van der Waals surface area contributed by atoms with E-state index in [0.29, 0.717) is 19.8 Å². The van der Waals surface area contributed by atoms with E-state index >= 15 is 0 Å². The number of amides is 2. The number of rotatable bonds is 9. The first kappa shape index (κ1) is 20.5. The molecule has 0 atom stereocenters. The first-order valence-corrected chi connectivity index (χ1v) is 8.75. The fourth-order valence-corrected chi connectivity index (χ4v) is 2.29. The van der Waals surface area contributed by atoms with E-state index in [1.54, 1.807) is 0 Å². The molecule has 136 valence electrons. The predicted octanol–water partition coefficient (Wildman–Crippen LogP) is 4.28. The van der Waals surface area contributed by atoms with Crippen LogP contribution in [0.3, 0.4) is 0 Å². The van der Waals surface area contributed by atoms with Gasteiger partial charge in [-0.15, -0.1) is 0 Å². The van der Waals surface area contributed by atoms with Crippen LogP contribution in [0.2, 0.25) is 0 Å². The Hall–Kier alpha value is -1.59. The molecule has 2 N–H and O–H groups in total. The first-order valence-electron chi connectivity index (χ1n) is 8.75. The molecule has 1 aromatic carbocycles. The van der Waals surface area contributed by atoms with Gasteiger partial charge in [-0.1, -0.05) is 32.9 Å². The number of hydrogen-bond acceptors (Lipinski definition) is 3. The minimum Gasteiger partial charge on any atom is -0.353 e. The molecule has 0 aromatic heterocycles. The molecular weight excluding hydrogens is 304 g/mol. The number of anilines is 1. The molecule has 0 aliphatic carbocycles. The summed E-state index contributed by atoms with van der Waals surface area (Å²) >= 11 is 0. The summed E-state index contributed by atoms with van der Waals surface area (Å²) in [7, 11) is 0. The van der Waals surface area contributed by atoms with Crippen molar-refractivity contribution in [2.75, 3.05) is 25.1 Å². The highest BCUT2D eigenvalue weighted by atomic mass is 16.7. The van der Waals surface area contributed by atoms with E-state index in [-0.39, 0.29) is 17.7 Å². The van der Waals surface area contributed by atoms with Gasteiger partial charge in [-0.2, -0.15) is 0 Å². The predicted molar refractivity (Wildman–Crippen MR) is 98.4 cm³/mol. The molecular formula is C19H32N2O3. The van der Waals surface area contributed by atoms with E-state index in [0.717, 1.165) is 18.5 Å². The van der Waals surface area contributed by atoms with Gasteiger partial charge in [-0.25, -0.2) is 4.79 Å². The molecule has 0 saturated carbocycles. The van der Waals surface area contributed by atoms with Crippen LogP contribution in [-0.4, -0.2) is 32.1 Å². The smallest absolute Gasteiger partial charge is 0.319 e. The third kappa shape index (κ3) is 7.79.